The van der Waals surface area contributed by atoms with E-state index >= 15 is 0 Å². The molecule has 0 fully saturated rings. The number of rotatable bonds is 6. The Morgan fingerprint density at radius 1 is 1.35 bits per heavy atom. The minimum atomic E-state index is -0.172. The quantitative estimate of drug-likeness (QED) is 0.833. The fourth-order valence-electron chi connectivity index (χ4n) is 2.22. The molecule has 0 saturated heterocycles. The number of nitrogens with zero attached hydrogens (tertiary/aromatic N) is 3. The fourth-order valence-corrected chi connectivity index (χ4v) is 2.22. The first kappa shape index (κ1) is 14.5. The summed E-state index contributed by atoms with van der Waals surface area (Å²) in [6.45, 7) is 6.80. The molecule has 2 aromatic heterocycles. The molecule has 0 aromatic carbocycles. The van der Waals surface area contributed by atoms with Crippen LogP contribution in [0.4, 0.5) is 0 Å². The van der Waals surface area contributed by atoms with Crippen molar-refractivity contribution in [2.45, 2.75) is 39.3 Å². The van der Waals surface area contributed by atoms with Gasteiger partial charge in [-0.25, -0.2) is 0 Å². The summed E-state index contributed by atoms with van der Waals surface area (Å²) in [6, 6.07) is 5.71. The van der Waals surface area contributed by atoms with Crippen LogP contribution in [0.15, 0.2) is 24.4 Å². The number of fused-ring (bicyclic) bond motifs is 1. The predicted octanol–water partition coefficient (Wildman–Crippen LogP) is 1.29. The third kappa shape index (κ3) is 3.33. The van der Waals surface area contributed by atoms with Crippen molar-refractivity contribution in [1.82, 2.24) is 25.2 Å². The lowest BCUT2D eigenvalue weighted by Gasteiger charge is -2.15. The molecule has 0 aliphatic carbocycles. The number of amides is 1. The molecule has 2 heterocycles. The summed E-state index contributed by atoms with van der Waals surface area (Å²) in [5.74, 6) is 0.753. The Hall–Kier alpha value is -1.95. The normalized spacial score (nSPS) is 14.2. The van der Waals surface area contributed by atoms with E-state index in [-0.39, 0.29) is 18.0 Å². The average molecular weight is 275 g/mol. The van der Waals surface area contributed by atoms with Crippen molar-refractivity contribution in [3.8, 4) is 0 Å². The van der Waals surface area contributed by atoms with Gasteiger partial charge in [0, 0.05) is 18.7 Å². The third-order valence-electron chi connectivity index (χ3n) is 3.15. The van der Waals surface area contributed by atoms with Gasteiger partial charge in [-0.15, -0.1) is 10.2 Å². The highest BCUT2D eigenvalue weighted by molar-refractivity contribution is 5.76. The molecule has 0 bridgehead atoms. The Morgan fingerprint density at radius 2 is 2.15 bits per heavy atom. The smallest absolute Gasteiger partial charge is 0.222 e. The lowest BCUT2D eigenvalue weighted by atomic mass is 10.2. The van der Waals surface area contributed by atoms with Gasteiger partial charge < -0.3 is 10.6 Å². The second-order valence-electron chi connectivity index (χ2n) is 4.94. The zero-order valence-corrected chi connectivity index (χ0v) is 12.1. The fraction of sp³-hybridized carbons (Fsp3) is 0.500. The van der Waals surface area contributed by atoms with Gasteiger partial charge in [0.2, 0.25) is 5.91 Å². The van der Waals surface area contributed by atoms with E-state index in [4.69, 9.17) is 0 Å². The number of aromatic nitrogens is 3. The monoisotopic (exact) mass is 275 g/mol. The maximum Gasteiger partial charge on any atom is 0.222 e. The van der Waals surface area contributed by atoms with Gasteiger partial charge in [0.05, 0.1) is 6.04 Å². The van der Waals surface area contributed by atoms with Gasteiger partial charge in [-0.1, -0.05) is 13.0 Å². The van der Waals surface area contributed by atoms with Crippen molar-refractivity contribution >= 4 is 11.6 Å². The van der Waals surface area contributed by atoms with Crippen LogP contribution in [-0.2, 0) is 4.79 Å². The van der Waals surface area contributed by atoms with Crippen LogP contribution in [0, 0.1) is 0 Å². The number of pyridine rings is 1. The van der Waals surface area contributed by atoms with Crippen LogP contribution in [0.3, 0.4) is 0 Å². The van der Waals surface area contributed by atoms with Crippen LogP contribution in [0.25, 0.3) is 5.65 Å². The predicted molar refractivity (Wildman–Crippen MR) is 77.3 cm³/mol. The van der Waals surface area contributed by atoms with Crippen LogP contribution in [0.5, 0.6) is 0 Å². The molecule has 20 heavy (non-hydrogen) atoms. The summed E-state index contributed by atoms with van der Waals surface area (Å²) in [4.78, 5) is 12.0. The summed E-state index contributed by atoms with van der Waals surface area (Å²) < 4.78 is 1.89. The van der Waals surface area contributed by atoms with Gasteiger partial charge >= 0.3 is 0 Å². The first-order valence-electron chi connectivity index (χ1n) is 6.94. The molecule has 1 amide bonds. The molecule has 2 N–H and O–H groups in total. The minimum Gasteiger partial charge on any atom is -0.346 e. The summed E-state index contributed by atoms with van der Waals surface area (Å²) in [7, 11) is 0. The molecule has 0 saturated carbocycles. The van der Waals surface area contributed by atoms with Crippen molar-refractivity contribution in [3.63, 3.8) is 0 Å². The average Bonchev–Trinajstić information content (AvgIpc) is 2.82. The van der Waals surface area contributed by atoms with E-state index in [0.717, 1.165) is 18.0 Å². The maximum atomic E-state index is 12.0. The Bertz CT molecular complexity index is 580. The van der Waals surface area contributed by atoms with E-state index in [0.29, 0.717) is 6.42 Å². The molecule has 0 spiro atoms. The zero-order chi connectivity index (χ0) is 14.5. The molecule has 2 aromatic rings. The van der Waals surface area contributed by atoms with Gasteiger partial charge in [0.1, 0.15) is 0 Å². The second kappa shape index (κ2) is 6.47. The van der Waals surface area contributed by atoms with Crippen molar-refractivity contribution in [1.29, 1.82) is 0 Å². The summed E-state index contributed by atoms with van der Waals surface area (Å²) in [5.41, 5.74) is 0.782. The van der Waals surface area contributed by atoms with Gasteiger partial charge in [0.25, 0.3) is 0 Å². The van der Waals surface area contributed by atoms with Crippen molar-refractivity contribution < 1.29 is 4.79 Å². The molecule has 0 radical (unpaired) electrons. The molecule has 2 unspecified atom stereocenters. The van der Waals surface area contributed by atoms with Gasteiger partial charge in [0.15, 0.2) is 11.5 Å². The SMILES string of the molecule is CCNC(C)CC(=O)NC(C)c1nnc2ccccn12. The lowest BCUT2D eigenvalue weighted by molar-refractivity contribution is -0.122. The molecule has 6 nitrogen and oxygen atoms in total. The number of hydrogen-bond donors (Lipinski definition) is 2. The summed E-state index contributed by atoms with van der Waals surface area (Å²) in [6.07, 6.45) is 2.35. The van der Waals surface area contributed by atoms with Crippen LogP contribution in [0.2, 0.25) is 0 Å². The van der Waals surface area contributed by atoms with E-state index in [1.165, 1.54) is 0 Å². The van der Waals surface area contributed by atoms with Crippen LogP contribution >= 0.6 is 0 Å². The van der Waals surface area contributed by atoms with Gasteiger partial charge in [-0.3, -0.25) is 9.20 Å². The van der Waals surface area contributed by atoms with Crippen LogP contribution in [-0.4, -0.2) is 33.1 Å². The van der Waals surface area contributed by atoms with Crippen LogP contribution < -0.4 is 10.6 Å². The zero-order valence-electron chi connectivity index (χ0n) is 12.1. The van der Waals surface area contributed by atoms with Gasteiger partial charge in [-0.05, 0) is 32.5 Å². The Morgan fingerprint density at radius 3 is 2.90 bits per heavy atom. The lowest BCUT2D eigenvalue weighted by Crippen LogP contribution is -2.35. The van der Waals surface area contributed by atoms with E-state index in [1.807, 2.05) is 49.6 Å². The third-order valence-corrected chi connectivity index (χ3v) is 3.15. The number of carbonyl (C=O) groups excluding carboxylic acids is 1. The topological polar surface area (TPSA) is 71.3 Å². The number of carbonyl (C=O) groups is 1. The van der Waals surface area contributed by atoms with Gasteiger partial charge in [-0.2, -0.15) is 0 Å². The van der Waals surface area contributed by atoms with Crippen molar-refractivity contribution in [2.75, 3.05) is 6.54 Å². The highest BCUT2D eigenvalue weighted by Gasteiger charge is 2.16. The van der Waals surface area contributed by atoms with Crippen molar-refractivity contribution in [2.24, 2.45) is 0 Å². The molecule has 6 heteroatoms. The molecule has 108 valence electrons. The van der Waals surface area contributed by atoms with Crippen LogP contribution in [0.1, 0.15) is 39.1 Å². The Balaban J connectivity index is 2.01. The number of nitrogens with one attached hydrogen (secondary N) is 2. The Labute approximate surface area is 118 Å². The maximum absolute atomic E-state index is 12.0. The first-order valence-corrected chi connectivity index (χ1v) is 6.94. The van der Waals surface area contributed by atoms with E-state index in [9.17, 15) is 4.79 Å². The largest absolute Gasteiger partial charge is 0.346 e. The highest BCUT2D eigenvalue weighted by atomic mass is 16.1. The highest BCUT2D eigenvalue weighted by Crippen LogP contribution is 2.11. The molecular weight excluding hydrogens is 254 g/mol. The van der Waals surface area contributed by atoms with E-state index in [1.54, 1.807) is 0 Å². The van der Waals surface area contributed by atoms with E-state index in [2.05, 4.69) is 20.8 Å². The minimum absolute atomic E-state index is 0.0126. The van der Waals surface area contributed by atoms with E-state index < -0.39 is 0 Å². The molecule has 2 rings (SSSR count). The molecule has 2 atom stereocenters. The molecule has 0 aliphatic rings. The first-order chi connectivity index (χ1) is 9.61. The van der Waals surface area contributed by atoms with Crippen molar-refractivity contribution in [3.05, 3.63) is 30.2 Å². The number of hydrogen-bond acceptors (Lipinski definition) is 4. The summed E-state index contributed by atoms with van der Waals surface area (Å²) >= 11 is 0. The standard InChI is InChI=1S/C14H21N5O/c1-4-15-10(2)9-13(20)16-11(3)14-18-17-12-7-5-6-8-19(12)14/h5-8,10-11,15H,4,9H2,1-3H3,(H,16,20). The summed E-state index contributed by atoms with van der Waals surface area (Å²) in [5, 5.41) is 14.4. The molecule has 0 aliphatic heterocycles. The molecular formula is C14H21N5O. The second-order valence-corrected chi connectivity index (χ2v) is 4.94. The Kier molecular flexibility index (Phi) is 4.68.